The van der Waals surface area contributed by atoms with Crippen LogP contribution in [-0.4, -0.2) is 55.2 Å². The standard InChI is InChI=1S/C27H26N6O4S/c1-17-4-10-22(11-5-17)38(36,37)32(27(34)35)15-13-20-6-8-21(9-7-20)33-25(23-12-14-28-31-23)30-24-18(2)16-19(3)29-26(24)33/h4-12,14,16H,13,15H2,1-3H3,(H,28,31)(H,34,35). The summed E-state index contributed by atoms with van der Waals surface area (Å²) in [5, 5.41) is 16.7. The van der Waals surface area contributed by atoms with Crippen LogP contribution in [0.25, 0.3) is 28.4 Å². The van der Waals surface area contributed by atoms with E-state index < -0.39 is 16.1 Å². The van der Waals surface area contributed by atoms with Gasteiger partial charge in [-0.25, -0.2) is 27.5 Å². The van der Waals surface area contributed by atoms with Crippen LogP contribution in [0.1, 0.15) is 22.4 Å². The molecule has 0 saturated carbocycles. The second-order valence-corrected chi connectivity index (χ2v) is 10.9. The molecule has 3 aromatic heterocycles. The minimum absolute atomic E-state index is 0.0581. The zero-order chi connectivity index (χ0) is 27.0. The number of aromatic nitrogens is 5. The molecular formula is C27H26N6O4S. The summed E-state index contributed by atoms with van der Waals surface area (Å²) in [6.45, 7) is 5.55. The zero-order valence-electron chi connectivity index (χ0n) is 21.1. The highest BCUT2D eigenvalue weighted by atomic mass is 32.2. The van der Waals surface area contributed by atoms with Gasteiger partial charge in [0, 0.05) is 24.1 Å². The predicted molar refractivity (Wildman–Crippen MR) is 143 cm³/mol. The van der Waals surface area contributed by atoms with Crippen molar-refractivity contribution in [2.75, 3.05) is 6.54 Å². The summed E-state index contributed by atoms with van der Waals surface area (Å²) in [6.07, 6.45) is 0.353. The Labute approximate surface area is 219 Å². The first-order valence-corrected chi connectivity index (χ1v) is 13.4. The minimum Gasteiger partial charge on any atom is -0.464 e. The molecule has 5 aromatic rings. The van der Waals surface area contributed by atoms with Crippen molar-refractivity contribution in [3.05, 3.63) is 89.2 Å². The topological polar surface area (TPSA) is 134 Å². The van der Waals surface area contributed by atoms with E-state index in [1.807, 2.05) is 61.7 Å². The van der Waals surface area contributed by atoms with Crippen molar-refractivity contribution in [2.45, 2.75) is 32.1 Å². The first-order valence-electron chi connectivity index (χ1n) is 11.9. The smallest absolute Gasteiger partial charge is 0.421 e. The molecule has 194 valence electrons. The lowest BCUT2D eigenvalue weighted by Gasteiger charge is -2.19. The number of pyridine rings is 1. The number of aromatic amines is 1. The molecular weight excluding hydrogens is 504 g/mol. The van der Waals surface area contributed by atoms with E-state index in [1.54, 1.807) is 18.3 Å². The Morgan fingerprint density at radius 1 is 1.00 bits per heavy atom. The summed E-state index contributed by atoms with van der Waals surface area (Å²) >= 11 is 0. The molecule has 2 N–H and O–H groups in total. The average Bonchev–Trinajstić information content (AvgIpc) is 3.53. The number of nitrogens with zero attached hydrogens (tertiary/aromatic N) is 5. The van der Waals surface area contributed by atoms with Crippen LogP contribution in [-0.2, 0) is 16.4 Å². The van der Waals surface area contributed by atoms with Gasteiger partial charge in [-0.2, -0.15) is 5.10 Å². The summed E-state index contributed by atoms with van der Waals surface area (Å²) in [5.41, 5.74) is 6.58. The largest absolute Gasteiger partial charge is 0.464 e. The van der Waals surface area contributed by atoms with Crippen molar-refractivity contribution >= 4 is 27.3 Å². The van der Waals surface area contributed by atoms with Crippen LogP contribution in [0.3, 0.4) is 0 Å². The molecule has 10 nitrogen and oxygen atoms in total. The molecule has 0 aliphatic heterocycles. The lowest BCUT2D eigenvalue weighted by Crippen LogP contribution is -2.37. The SMILES string of the molecule is Cc1ccc(S(=O)(=O)N(CCc2ccc(-n3c(-c4ccn[nH]4)nc4c(C)cc(C)nc43)cc2)C(=O)O)cc1. The van der Waals surface area contributed by atoms with Gasteiger partial charge in [-0.1, -0.05) is 29.8 Å². The number of sulfonamides is 1. The van der Waals surface area contributed by atoms with E-state index >= 15 is 0 Å². The van der Waals surface area contributed by atoms with Gasteiger partial charge >= 0.3 is 6.09 Å². The Bertz CT molecular complexity index is 1730. The molecule has 38 heavy (non-hydrogen) atoms. The van der Waals surface area contributed by atoms with E-state index in [0.717, 1.165) is 39.3 Å². The third-order valence-corrected chi connectivity index (χ3v) is 8.08. The number of fused-ring (bicyclic) bond motifs is 1. The first-order chi connectivity index (χ1) is 18.1. The number of hydrogen-bond acceptors (Lipinski definition) is 6. The van der Waals surface area contributed by atoms with E-state index in [4.69, 9.17) is 9.97 Å². The molecule has 0 unspecified atom stereocenters. The number of benzene rings is 2. The second-order valence-electron chi connectivity index (χ2n) is 9.08. The van der Waals surface area contributed by atoms with Crippen LogP contribution in [0.2, 0.25) is 0 Å². The van der Waals surface area contributed by atoms with Gasteiger partial charge in [-0.05, 0) is 74.7 Å². The van der Waals surface area contributed by atoms with E-state index in [2.05, 4.69) is 10.2 Å². The average molecular weight is 531 g/mol. The van der Waals surface area contributed by atoms with Gasteiger partial charge in [0.25, 0.3) is 10.0 Å². The van der Waals surface area contributed by atoms with Gasteiger partial charge in [0.15, 0.2) is 11.5 Å². The molecule has 0 bridgehead atoms. The molecule has 0 atom stereocenters. The van der Waals surface area contributed by atoms with Crippen molar-refractivity contribution in [3.63, 3.8) is 0 Å². The van der Waals surface area contributed by atoms with E-state index in [0.29, 0.717) is 15.8 Å². The Kier molecular flexibility index (Phi) is 6.45. The maximum absolute atomic E-state index is 13.0. The quantitative estimate of drug-likeness (QED) is 0.313. The Hall–Kier alpha value is -4.51. The van der Waals surface area contributed by atoms with E-state index in [1.165, 1.54) is 12.1 Å². The zero-order valence-corrected chi connectivity index (χ0v) is 21.9. The molecule has 3 heterocycles. The highest BCUT2D eigenvalue weighted by Gasteiger charge is 2.28. The third kappa shape index (κ3) is 4.63. The molecule has 0 fully saturated rings. The van der Waals surface area contributed by atoms with E-state index in [9.17, 15) is 18.3 Å². The normalized spacial score (nSPS) is 11.7. The maximum atomic E-state index is 13.0. The number of imidazole rings is 1. The van der Waals surface area contributed by atoms with Crippen molar-refractivity contribution in [2.24, 2.45) is 0 Å². The molecule has 0 aliphatic rings. The van der Waals surface area contributed by atoms with Gasteiger partial charge in [-0.15, -0.1) is 0 Å². The summed E-state index contributed by atoms with van der Waals surface area (Å²) in [7, 11) is -4.19. The Morgan fingerprint density at radius 3 is 2.34 bits per heavy atom. The van der Waals surface area contributed by atoms with Crippen LogP contribution in [0.15, 0.2) is 71.8 Å². The van der Waals surface area contributed by atoms with Gasteiger partial charge in [0.2, 0.25) is 0 Å². The summed E-state index contributed by atoms with van der Waals surface area (Å²) in [6, 6.07) is 17.4. The fraction of sp³-hybridized carbons (Fsp3) is 0.185. The predicted octanol–water partition coefficient (Wildman–Crippen LogP) is 4.65. The lowest BCUT2D eigenvalue weighted by atomic mass is 10.1. The highest BCUT2D eigenvalue weighted by molar-refractivity contribution is 7.89. The van der Waals surface area contributed by atoms with Crippen molar-refractivity contribution < 1.29 is 18.3 Å². The molecule has 0 spiro atoms. The summed E-state index contributed by atoms with van der Waals surface area (Å²) in [4.78, 5) is 21.4. The molecule has 0 saturated heterocycles. The minimum atomic E-state index is -4.19. The van der Waals surface area contributed by atoms with Gasteiger partial charge < -0.3 is 5.11 Å². The lowest BCUT2D eigenvalue weighted by molar-refractivity contribution is 0.172. The molecule has 1 amide bonds. The fourth-order valence-electron chi connectivity index (χ4n) is 4.36. The number of carbonyl (C=O) groups is 1. The number of H-pyrrole nitrogens is 1. The highest BCUT2D eigenvalue weighted by Crippen LogP contribution is 2.29. The van der Waals surface area contributed by atoms with Crippen LogP contribution in [0.5, 0.6) is 0 Å². The molecule has 11 heteroatoms. The number of carboxylic acid groups (broad SMARTS) is 1. The molecule has 2 aromatic carbocycles. The molecule has 5 rings (SSSR count). The number of hydrogen-bond donors (Lipinski definition) is 2. The van der Waals surface area contributed by atoms with Gasteiger partial charge in [0.1, 0.15) is 11.2 Å². The number of rotatable bonds is 7. The van der Waals surface area contributed by atoms with Crippen LogP contribution >= 0.6 is 0 Å². The van der Waals surface area contributed by atoms with Crippen molar-refractivity contribution in [3.8, 4) is 17.2 Å². The Morgan fingerprint density at radius 2 is 1.71 bits per heavy atom. The first kappa shape index (κ1) is 25.2. The molecule has 0 radical (unpaired) electrons. The van der Waals surface area contributed by atoms with E-state index in [-0.39, 0.29) is 17.9 Å². The summed E-state index contributed by atoms with van der Waals surface area (Å²) in [5.74, 6) is 0.660. The van der Waals surface area contributed by atoms with Crippen molar-refractivity contribution in [1.29, 1.82) is 0 Å². The van der Waals surface area contributed by atoms with Crippen molar-refractivity contribution in [1.82, 2.24) is 29.0 Å². The number of aryl methyl sites for hydroxylation is 3. The fourth-order valence-corrected chi connectivity index (χ4v) is 5.64. The van der Waals surface area contributed by atoms with Crippen LogP contribution in [0.4, 0.5) is 4.79 Å². The summed E-state index contributed by atoms with van der Waals surface area (Å²) < 4.78 is 28.4. The number of amides is 1. The third-order valence-electron chi connectivity index (χ3n) is 6.30. The molecule has 0 aliphatic carbocycles. The van der Waals surface area contributed by atoms with Crippen LogP contribution in [0, 0.1) is 20.8 Å². The Balaban J connectivity index is 1.45. The second kappa shape index (κ2) is 9.75. The van der Waals surface area contributed by atoms with Gasteiger partial charge in [-0.3, -0.25) is 9.67 Å². The number of nitrogens with one attached hydrogen (secondary N) is 1. The van der Waals surface area contributed by atoms with Gasteiger partial charge in [0.05, 0.1) is 4.90 Å². The maximum Gasteiger partial charge on any atom is 0.421 e. The monoisotopic (exact) mass is 530 g/mol. The van der Waals surface area contributed by atoms with Crippen LogP contribution < -0.4 is 0 Å².